The van der Waals surface area contributed by atoms with Crippen molar-refractivity contribution in [1.82, 2.24) is 9.80 Å². The fourth-order valence-electron chi connectivity index (χ4n) is 4.30. The monoisotopic (exact) mass is 381 g/mol. The molecule has 1 aromatic heterocycles. The van der Waals surface area contributed by atoms with Gasteiger partial charge in [0.1, 0.15) is 12.3 Å². The zero-order valence-corrected chi connectivity index (χ0v) is 16.1. The Morgan fingerprint density at radius 1 is 1.11 bits per heavy atom. The Morgan fingerprint density at radius 3 is 2.50 bits per heavy atom. The highest BCUT2D eigenvalue weighted by Gasteiger charge is 2.51. The minimum Gasteiger partial charge on any atom is -0.469 e. The summed E-state index contributed by atoms with van der Waals surface area (Å²) in [6.45, 7) is 4.58. The molecule has 3 heterocycles. The lowest BCUT2D eigenvalue weighted by atomic mass is 9.91. The van der Waals surface area contributed by atoms with Gasteiger partial charge in [0.05, 0.1) is 23.9 Å². The first-order chi connectivity index (χ1) is 13.4. The summed E-state index contributed by atoms with van der Waals surface area (Å²) >= 11 is 0. The minimum absolute atomic E-state index is 0.0248. The van der Waals surface area contributed by atoms with Crippen LogP contribution in [0.1, 0.15) is 29.5 Å². The standard InChI is InChI=1S/C21H23N3O4/c1-15-18(8-11-28-15)20(27)22-10-9-21(13-22)14-23(17-6-4-3-5-7-17)19(26)12-24(21)16(2)25/h3-8,11H,9-10,12-14H2,1-2H3/t21-/m1/s1. The summed E-state index contributed by atoms with van der Waals surface area (Å²) in [6, 6.07) is 11.1. The molecule has 0 bridgehead atoms. The van der Waals surface area contributed by atoms with Gasteiger partial charge < -0.3 is 19.1 Å². The normalized spacial score (nSPS) is 22.2. The van der Waals surface area contributed by atoms with Gasteiger partial charge in [0, 0.05) is 25.7 Å². The first-order valence-electron chi connectivity index (χ1n) is 9.38. The Balaban J connectivity index is 1.63. The summed E-state index contributed by atoms with van der Waals surface area (Å²) < 4.78 is 5.27. The molecule has 2 fully saturated rings. The first-order valence-corrected chi connectivity index (χ1v) is 9.38. The largest absolute Gasteiger partial charge is 0.469 e. The maximum absolute atomic E-state index is 12.9. The van der Waals surface area contributed by atoms with Gasteiger partial charge in [0.15, 0.2) is 0 Å². The van der Waals surface area contributed by atoms with Crippen molar-refractivity contribution in [3.05, 3.63) is 54.0 Å². The molecule has 1 atom stereocenters. The van der Waals surface area contributed by atoms with E-state index in [0.717, 1.165) is 5.69 Å². The van der Waals surface area contributed by atoms with E-state index in [-0.39, 0.29) is 24.3 Å². The average Bonchev–Trinajstić information content (AvgIpc) is 3.30. The number of rotatable bonds is 2. The van der Waals surface area contributed by atoms with Crippen molar-refractivity contribution in [3.8, 4) is 0 Å². The van der Waals surface area contributed by atoms with E-state index < -0.39 is 5.54 Å². The van der Waals surface area contributed by atoms with E-state index in [1.54, 1.807) is 27.7 Å². The van der Waals surface area contributed by atoms with Crippen LogP contribution in [0.3, 0.4) is 0 Å². The molecule has 0 radical (unpaired) electrons. The van der Waals surface area contributed by atoms with Gasteiger partial charge in [-0.1, -0.05) is 18.2 Å². The number of benzene rings is 1. The number of amides is 3. The Morgan fingerprint density at radius 2 is 1.86 bits per heavy atom. The zero-order valence-electron chi connectivity index (χ0n) is 16.1. The number of para-hydroxylation sites is 1. The Labute approximate surface area is 163 Å². The molecule has 7 nitrogen and oxygen atoms in total. The number of hydrogen-bond acceptors (Lipinski definition) is 4. The molecular weight excluding hydrogens is 358 g/mol. The lowest BCUT2D eigenvalue weighted by molar-refractivity contribution is -0.142. The lowest BCUT2D eigenvalue weighted by Crippen LogP contribution is -2.67. The van der Waals surface area contributed by atoms with Crippen molar-refractivity contribution < 1.29 is 18.8 Å². The highest BCUT2D eigenvalue weighted by molar-refractivity contribution is 5.99. The van der Waals surface area contributed by atoms with E-state index in [9.17, 15) is 14.4 Å². The highest BCUT2D eigenvalue weighted by atomic mass is 16.3. The Kier molecular flexibility index (Phi) is 4.45. The molecule has 2 aliphatic rings. The molecule has 1 spiro atoms. The van der Waals surface area contributed by atoms with Crippen LogP contribution in [0.4, 0.5) is 5.69 Å². The van der Waals surface area contributed by atoms with Gasteiger partial charge in [-0.3, -0.25) is 14.4 Å². The number of likely N-dealkylation sites (tertiary alicyclic amines) is 1. The van der Waals surface area contributed by atoms with Gasteiger partial charge in [0.2, 0.25) is 11.8 Å². The number of anilines is 1. The Bertz CT molecular complexity index is 923. The third kappa shape index (κ3) is 2.96. The highest BCUT2D eigenvalue weighted by Crippen LogP contribution is 2.35. The molecular formula is C21H23N3O4. The molecule has 4 rings (SSSR count). The second-order valence-electron chi connectivity index (χ2n) is 7.51. The van der Waals surface area contributed by atoms with Crippen LogP contribution in [0.15, 0.2) is 47.1 Å². The zero-order chi connectivity index (χ0) is 19.9. The number of nitrogens with zero attached hydrogens (tertiary/aromatic N) is 3. The van der Waals surface area contributed by atoms with Crippen LogP contribution in [-0.2, 0) is 9.59 Å². The van der Waals surface area contributed by atoms with E-state index in [0.29, 0.717) is 37.4 Å². The number of carbonyl (C=O) groups is 3. The summed E-state index contributed by atoms with van der Waals surface area (Å²) in [5, 5.41) is 0. The van der Waals surface area contributed by atoms with Gasteiger partial charge >= 0.3 is 0 Å². The maximum Gasteiger partial charge on any atom is 0.257 e. The van der Waals surface area contributed by atoms with Gasteiger partial charge in [0.25, 0.3) is 5.91 Å². The average molecular weight is 381 g/mol. The topological polar surface area (TPSA) is 74.1 Å². The van der Waals surface area contributed by atoms with Crippen LogP contribution in [0.2, 0.25) is 0 Å². The summed E-state index contributed by atoms with van der Waals surface area (Å²) in [6.07, 6.45) is 2.14. The molecule has 2 aromatic rings. The number of carbonyl (C=O) groups excluding carboxylic acids is 3. The van der Waals surface area contributed by atoms with E-state index in [1.165, 1.54) is 13.2 Å². The van der Waals surface area contributed by atoms with Gasteiger partial charge in [-0.15, -0.1) is 0 Å². The fourth-order valence-corrected chi connectivity index (χ4v) is 4.30. The lowest BCUT2D eigenvalue weighted by Gasteiger charge is -2.48. The molecule has 0 N–H and O–H groups in total. The third-order valence-electron chi connectivity index (χ3n) is 5.78. The second kappa shape index (κ2) is 6.82. The summed E-state index contributed by atoms with van der Waals surface area (Å²) in [5.41, 5.74) is 0.770. The number of furan rings is 1. The van der Waals surface area contributed by atoms with Crippen molar-refractivity contribution >= 4 is 23.4 Å². The summed E-state index contributed by atoms with van der Waals surface area (Å²) in [4.78, 5) is 43.1. The van der Waals surface area contributed by atoms with Crippen LogP contribution >= 0.6 is 0 Å². The van der Waals surface area contributed by atoms with Crippen molar-refractivity contribution in [3.63, 3.8) is 0 Å². The van der Waals surface area contributed by atoms with E-state index in [2.05, 4.69) is 0 Å². The van der Waals surface area contributed by atoms with Crippen LogP contribution in [0, 0.1) is 6.92 Å². The quantitative estimate of drug-likeness (QED) is 0.798. The number of piperazine rings is 1. The van der Waals surface area contributed by atoms with Crippen LogP contribution in [-0.4, -0.2) is 59.2 Å². The second-order valence-corrected chi connectivity index (χ2v) is 7.51. The van der Waals surface area contributed by atoms with E-state index in [1.807, 2.05) is 30.3 Å². The van der Waals surface area contributed by atoms with Crippen molar-refractivity contribution in [2.24, 2.45) is 0 Å². The third-order valence-corrected chi connectivity index (χ3v) is 5.78. The molecule has 1 aromatic carbocycles. The fraction of sp³-hybridized carbons (Fsp3) is 0.381. The molecule has 0 saturated carbocycles. The SMILES string of the molecule is CC(=O)N1CC(=O)N(c2ccccc2)C[C@]12CCN(C(=O)c1ccoc1C)C2. The number of hydrogen-bond donors (Lipinski definition) is 0. The number of aryl methyl sites for hydroxylation is 1. The van der Waals surface area contributed by atoms with Crippen molar-refractivity contribution in [2.75, 3.05) is 31.1 Å². The van der Waals surface area contributed by atoms with Gasteiger partial charge in [-0.05, 0) is 31.5 Å². The molecule has 0 unspecified atom stereocenters. The smallest absolute Gasteiger partial charge is 0.257 e. The van der Waals surface area contributed by atoms with Crippen LogP contribution in [0.25, 0.3) is 0 Å². The van der Waals surface area contributed by atoms with E-state index in [4.69, 9.17) is 4.42 Å². The minimum atomic E-state index is -0.580. The van der Waals surface area contributed by atoms with Gasteiger partial charge in [-0.2, -0.15) is 0 Å². The summed E-state index contributed by atoms with van der Waals surface area (Å²) in [5.74, 6) is 0.228. The maximum atomic E-state index is 12.9. The molecule has 28 heavy (non-hydrogen) atoms. The van der Waals surface area contributed by atoms with Gasteiger partial charge in [-0.25, -0.2) is 0 Å². The molecule has 7 heteroatoms. The molecule has 2 aliphatic heterocycles. The van der Waals surface area contributed by atoms with E-state index >= 15 is 0 Å². The predicted molar refractivity (Wildman–Crippen MR) is 103 cm³/mol. The first kappa shape index (κ1) is 18.3. The molecule has 146 valence electrons. The van der Waals surface area contributed by atoms with Crippen LogP contribution < -0.4 is 4.90 Å². The molecule has 0 aliphatic carbocycles. The van der Waals surface area contributed by atoms with Crippen molar-refractivity contribution in [2.45, 2.75) is 25.8 Å². The van der Waals surface area contributed by atoms with Crippen LogP contribution in [0.5, 0.6) is 0 Å². The summed E-state index contributed by atoms with van der Waals surface area (Å²) in [7, 11) is 0. The molecule has 2 saturated heterocycles. The predicted octanol–water partition coefficient (Wildman–Crippen LogP) is 2.07. The molecule has 3 amide bonds. The Hall–Kier alpha value is -3.09. The van der Waals surface area contributed by atoms with Crippen molar-refractivity contribution in [1.29, 1.82) is 0 Å².